The molecule has 5 heteroatoms. The molecule has 3 aromatic carbocycles. The summed E-state index contributed by atoms with van der Waals surface area (Å²) in [5, 5.41) is 16.1. The van der Waals surface area contributed by atoms with E-state index in [-0.39, 0.29) is 11.8 Å². The number of hydrazone groups is 1. The largest absolute Gasteiger partial charge is 0.481 e. The summed E-state index contributed by atoms with van der Waals surface area (Å²) >= 11 is 0. The number of carboxylic acid groups (broad SMARTS) is 1. The molecule has 1 heterocycles. The minimum Gasteiger partial charge on any atom is -0.481 e. The Kier molecular flexibility index (Phi) is 8.32. The number of hydrogen-bond donors (Lipinski definition) is 1. The smallest absolute Gasteiger partial charge is 0.307 e. The number of rotatable bonds is 10. The first-order valence-corrected chi connectivity index (χ1v) is 13.3. The number of nitrogens with zero attached hydrogens (tertiary/aromatic N) is 3. The van der Waals surface area contributed by atoms with Gasteiger partial charge in [0.1, 0.15) is 12.5 Å². The number of carboxylic acids is 1. The summed E-state index contributed by atoms with van der Waals surface area (Å²) in [6.45, 7) is 11.6. The van der Waals surface area contributed by atoms with Crippen molar-refractivity contribution < 1.29 is 9.90 Å². The van der Waals surface area contributed by atoms with Crippen molar-refractivity contribution in [2.45, 2.75) is 65.3 Å². The Morgan fingerprint density at radius 1 is 0.892 bits per heavy atom. The van der Waals surface area contributed by atoms with Crippen molar-refractivity contribution in [3.05, 3.63) is 95.1 Å². The van der Waals surface area contributed by atoms with Gasteiger partial charge < -0.3 is 10.0 Å². The number of amidine groups is 1. The second-order valence-corrected chi connectivity index (χ2v) is 10.9. The van der Waals surface area contributed by atoms with Crippen LogP contribution in [0.15, 0.2) is 77.9 Å². The third-order valence-corrected chi connectivity index (χ3v) is 6.96. The zero-order valence-electron chi connectivity index (χ0n) is 22.6. The Hall–Kier alpha value is -3.60. The predicted molar refractivity (Wildman–Crippen MR) is 152 cm³/mol. The third kappa shape index (κ3) is 7.22. The van der Waals surface area contributed by atoms with Crippen molar-refractivity contribution >= 4 is 11.8 Å². The molecular formula is C32H39N3O2. The summed E-state index contributed by atoms with van der Waals surface area (Å²) in [4.78, 5) is 13.3. The van der Waals surface area contributed by atoms with E-state index in [2.05, 4.69) is 86.1 Å². The summed E-state index contributed by atoms with van der Waals surface area (Å²) in [7, 11) is 0. The van der Waals surface area contributed by atoms with Gasteiger partial charge in [-0.05, 0) is 58.6 Å². The first kappa shape index (κ1) is 26.5. The Balaban J connectivity index is 1.33. The van der Waals surface area contributed by atoms with Crippen molar-refractivity contribution in [3.8, 4) is 11.1 Å². The van der Waals surface area contributed by atoms with Gasteiger partial charge in [0.2, 0.25) is 0 Å². The standard InChI is InChI=1S/C32H39N3O2/c1-5-34-23-35(22-26-14-18-29(19-15-26)32(2,3)4)33-30(34)11-7-9-24-8-6-10-28(20-24)27-16-12-25(13-17-27)21-31(36)37/h6,8,10,12-20H,5,7,9,11,21-23H2,1-4H3,(H,36,37). The van der Waals surface area contributed by atoms with Crippen molar-refractivity contribution in [1.82, 2.24) is 9.91 Å². The summed E-state index contributed by atoms with van der Waals surface area (Å²) in [6, 6.07) is 25.4. The van der Waals surface area contributed by atoms with E-state index in [0.717, 1.165) is 55.7 Å². The summed E-state index contributed by atoms with van der Waals surface area (Å²) in [5.74, 6) is 0.375. The second-order valence-electron chi connectivity index (χ2n) is 10.9. The topological polar surface area (TPSA) is 56.1 Å². The third-order valence-electron chi connectivity index (χ3n) is 6.96. The number of benzene rings is 3. The van der Waals surface area contributed by atoms with Gasteiger partial charge in [0.15, 0.2) is 0 Å². The van der Waals surface area contributed by atoms with Crippen LogP contribution in [0, 0.1) is 0 Å². The lowest BCUT2D eigenvalue weighted by Gasteiger charge is -2.21. The molecule has 1 N–H and O–H groups in total. The molecule has 0 unspecified atom stereocenters. The highest BCUT2D eigenvalue weighted by molar-refractivity contribution is 5.83. The van der Waals surface area contributed by atoms with Crippen molar-refractivity contribution in [2.24, 2.45) is 5.10 Å². The molecule has 0 radical (unpaired) electrons. The molecule has 3 aromatic rings. The van der Waals surface area contributed by atoms with Crippen LogP contribution in [0.5, 0.6) is 0 Å². The molecule has 1 aliphatic heterocycles. The van der Waals surface area contributed by atoms with E-state index >= 15 is 0 Å². The van der Waals surface area contributed by atoms with E-state index in [0.29, 0.717) is 0 Å². The van der Waals surface area contributed by atoms with E-state index in [1.54, 1.807) is 0 Å². The molecule has 0 amide bonds. The van der Waals surface area contributed by atoms with Crippen LogP contribution in [0.4, 0.5) is 0 Å². The van der Waals surface area contributed by atoms with Crippen LogP contribution in [0.25, 0.3) is 11.1 Å². The van der Waals surface area contributed by atoms with E-state index in [4.69, 9.17) is 10.2 Å². The maximum absolute atomic E-state index is 10.9. The summed E-state index contributed by atoms with van der Waals surface area (Å²) < 4.78 is 0. The van der Waals surface area contributed by atoms with Gasteiger partial charge in [-0.3, -0.25) is 9.80 Å². The van der Waals surface area contributed by atoms with Crippen molar-refractivity contribution in [1.29, 1.82) is 0 Å². The van der Waals surface area contributed by atoms with Gasteiger partial charge in [0, 0.05) is 13.0 Å². The Morgan fingerprint density at radius 2 is 1.59 bits per heavy atom. The lowest BCUT2D eigenvalue weighted by molar-refractivity contribution is -0.136. The van der Waals surface area contributed by atoms with Crippen LogP contribution >= 0.6 is 0 Å². The van der Waals surface area contributed by atoms with Crippen LogP contribution in [-0.2, 0) is 29.6 Å². The molecule has 0 fully saturated rings. The lowest BCUT2D eigenvalue weighted by atomic mass is 9.87. The first-order valence-electron chi connectivity index (χ1n) is 13.3. The van der Waals surface area contributed by atoms with Gasteiger partial charge >= 0.3 is 5.97 Å². The fourth-order valence-electron chi connectivity index (χ4n) is 4.78. The second kappa shape index (κ2) is 11.6. The SMILES string of the molecule is CCN1CN(Cc2ccc(C(C)(C)C)cc2)N=C1CCCc1cccc(-c2ccc(CC(=O)O)cc2)c1. The van der Waals surface area contributed by atoms with Gasteiger partial charge in [-0.15, -0.1) is 0 Å². The zero-order chi connectivity index (χ0) is 26.4. The molecule has 0 saturated carbocycles. The average Bonchev–Trinajstić information content (AvgIpc) is 3.25. The molecule has 0 atom stereocenters. The van der Waals surface area contributed by atoms with E-state index in [1.165, 1.54) is 22.5 Å². The van der Waals surface area contributed by atoms with Crippen molar-refractivity contribution in [2.75, 3.05) is 13.2 Å². The maximum Gasteiger partial charge on any atom is 0.307 e. The molecule has 1 aliphatic rings. The van der Waals surface area contributed by atoms with E-state index in [9.17, 15) is 4.79 Å². The fraction of sp³-hybridized carbons (Fsp3) is 0.375. The number of hydrogen-bond acceptors (Lipinski definition) is 4. The van der Waals surface area contributed by atoms with Crippen LogP contribution in [-0.4, -0.2) is 40.0 Å². The lowest BCUT2D eigenvalue weighted by Crippen LogP contribution is -2.30. The normalized spacial score (nSPS) is 13.7. The molecule has 194 valence electrons. The molecule has 0 saturated heterocycles. The van der Waals surface area contributed by atoms with Gasteiger partial charge in [0.25, 0.3) is 0 Å². The maximum atomic E-state index is 10.9. The molecule has 0 aromatic heterocycles. The molecule has 0 bridgehead atoms. The fourth-order valence-corrected chi connectivity index (χ4v) is 4.78. The number of aliphatic carboxylic acids is 1. The molecule has 4 rings (SSSR count). The number of carbonyl (C=O) groups is 1. The van der Waals surface area contributed by atoms with Crippen LogP contribution in [0.3, 0.4) is 0 Å². The predicted octanol–water partition coefficient (Wildman–Crippen LogP) is 6.71. The zero-order valence-corrected chi connectivity index (χ0v) is 22.6. The average molecular weight is 498 g/mol. The Morgan fingerprint density at radius 3 is 2.24 bits per heavy atom. The number of aryl methyl sites for hydroxylation is 1. The van der Waals surface area contributed by atoms with Crippen LogP contribution in [0.2, 0.25) is 0 Å². The highest BCUT2D eigenvalue weighted by Crippen LogP contribution is 2.24. The van der Waals surface area contributed by atoms with Crippen LogP contribution in [0.1, 0.15) is 62.8 Å². The quantitative estimate of drug-likeness (QED) is 0.338. The Labute approximate surface area is 221 Å². The van der Waals surface area contributed by atoms with Gasteiger partial charge in [-0.25, -0.2) is 0 Å². The van der Waals surface area contributed by atoms with Crippen molar-refractivity contribution in [3.63, 3.8) is 0 Å². The van der Waals surface area contributed by atoms with Gasteiger partial charge in [-0.1, -0.05) is 93.6 Å². The highest BCUT2D eigenvalue weighted by Gasteiger charge is 2.21. The van der Waals surface area contributed by atoms with Gasteiger partial charge in [-0.2, -0.15) is 5.10 Å². The van der Waals surface area contributed by atoms with Crippen LogP contribution < -0.4 is 0 Å². The minimum absolute atomic E-state index is 0.0554. The van der Waals surface area contributed by atoms with E-state index in [1.807, 2.05) is 24.3 Å². The summed E-state index contributed by atoms with van der Waals surface area (Å²) in [6.07, 6.45) is 3.06. The molecule has 0 spiro atoms. The molecule has 5 nitrogen and oxygen atoms in total. The first-order chi connectivity index (χ1) is 17.7. The Bertz CT molecular complexity index is 1220. The molecule has 0 aliphatic carbocycles. The molecule has 37 heavy (non-hydrogen) atoms. The molecular weight excluding hydrogens is 458 g/mol. The van der Waals surface area contributed by atoms with E-state index < -0.39 is 5.97 Å². The van der Waals surface area contributed by atoms with Gasteiger partial charge in [0.05, 0.1) is 13.0 Å². The highest BCUT2D eigenvalue weighted by atomic mass is 16.4. The minimum atomic E-state index is -0.805. The summed E-state index contributed by atoms with van der Waals surface area (Å²) in [5.41, 5.74) is 7.22. The monoisotopic (exact) mass is 497 g/mol.